The Morgan fingerprint density at radius 3 is 2.80 bits per heavy atom. The van der Waals surface area contributed by atoms with Gasteiger partial charge in [0.2, 0.25) is 0 Å². The molecule has 0 aromatic heterocycles. The van der Waals surface area contributed by atoms with E-state index in [9.17, 15) is 4.79 Å². The molecule has 2 unspecified atom stereocenters. The molecule has 0 amide bonds. The lowest BCUT2D eigenvalue weighted by Gasteiger charge is -2.30. The fourth-order valence-corrected chi connectivity index (χ4v) is 1.70. The van der Waals surface area contributed by atoms with Crippen molar-refractivity contribution in [3.8, 4) is 0 Å². The van der Waals surface area contributed by atoms with Crippen LogP contribution < -0.4 is 0 Å². The van der Waals surface area contributed by atoms with Crippen LogP contribution in [0, 0.1) is 11.3 Å². The molecule has 3 heteroatoms. The summed E-state index contributed by atoms with van der Waals surface area (Å²) in [6.07, 6.45) is 3.99. The molecular formula is C12H20O3. The predicted molar refractivity (Wildman–Crippen MR) is 58.0 cm³/mol. The van der Waals surface area contributed by atoms with E-state index in [-0.39, 0.29) is 17.5 Å². The van der Waals surface area contributed by atoms with E-state index in [1.54, 1.807) is 0 Å². The summed E-state index contributed by atoms with van der Waals surface area (Å²) in [5, 5.41) is 0. The summed E-state index contributed by atoms with van der Waals surface area (Å²) in [6, 6.07) is 0. The normalized spacial score (nSPS) is 33.1. The highest BCUT2D eigenvalue weighted by Crippen LogP contribution is 2.33. The van der Waals surface area contributed by atoms with Crippen molar-refractivity contribution in [1.29, 1.82) is 0 Å². The van der Waals surface area contributed by atoms with E-state index in [2.05, 4.69) is 20.4 Å². The third-order valence-electron chi connectivity index (χ3n) is 3.05. The summed E-state index contributed by atoms with van der Waals surface area (Å²) in [5.74, 6) is 0.0488. The van der Waals surface area contributed by atoms with Gasteiger partial charge < -0.3 is 0 Å². The number of hydrogen-bond acceptors (Lipinski definition) is 3. The smallest absolute Gasteiger partial charge is 0.298 e. The zero-order valence-corrected chi connectivity index (χ0v) is 9.79. The Labute approximate surface area is 91.4 Å². The van der Waals surface area contributed by atoms with Crippen molar-refractivity contribution < 1.29 is 14.6 Å². The van der Waals surface area contributed by atoms with Gasteiger partial charge in [-0.05, 0) is 24.2 Å². The second kappa shape index (κ2) is 4.79. The zero-order chi connectivity index (χ0) is 11.5. The van der Waals surface area contributed by atoms with Gasteiger partial charge in [0.1, 0.15) is 6.10 Å². The van der Waals surface area contributed by atoms with Crippen molar-refractivity contribution in [2.24, 2.45) is 11.3 Å². The van der Waals surface area contributed by atoms with Crippen LogP contribution >= 0.6 is 0 Å². The first-order chi connectivity index (χ1) is 6.97. The molecule has 0 N–H and O–H groups in total. The fourth-order valence-electron chi connectivity index (χ4n) is 1.70. The van der Waals surface area contributed by atoms with Crippen LogP contribution in [-0.2, 0) is 14.6 Å². The van der Waals surface area contributed by atoms with Crippen molar-refractivity contribution in [2.45, 2.75) is 46.1 Å². The molecule has 0 bridgehead atoms. The van der Waals surface area contributed by atoms with Crippen molar-refractivity contribution in [2.75, 3.05) is 0 Å². The van der Waals surface area contributed by atoms with Crippen molar-refractivity contribution >= 4 is 5.97 Å². The first kappa shape index (κ1) is 12.2. The van der Waals surface area contributed by atoms with Gasteiger partial charge in [-0.2, -0.15) is 4.89 Å². The standard InChI is InChI=1S/C12H20O3/c1-5-12(4)7-6-10(9(2)3)14-15-11(13)8-12/h5,9-10H,1,6-8H2,2-4H3. The molecule has 1 heterocycles. The molecule has 3 nitrogen and oxygen atoms in total. The average molecular weight is 212 g/mol. The van der Waals surface area contributed by atoms with Gasteiger partial charge in [-0.1, -0.05) is 26.8 Å². The Bertz CT molecular complexity index is 247. The lowest BCUT2D eigenvalue weighted by Crippen LogP contribution is -2.30. The highest BCUT2D eigenvalue weighted by molar-refractivity contribution is 5.70. The maximum Gasteiger partial charge on any atom is 0.343 e. The summed E-state index contributed by atoms with van der Waals surface area (Å²) >= 11 is 0. The maximum absolute atomic E-state index is 11.4. The number of carbonyl (C=O) groups excluding carboxylic acids is 1. The second-order valence-electron chi connectivity index (χ2n) is 4.91. The third-order valence-corrected chi connectivity index (χ3v) is 3.05. The van der Waals surface area contributed by atoms with Crippen LogP contribution in [0.25, 0.3) is 0 Å². The van der Waals surface area contributed by atoms with Gasteiger partial charge in [-0.25, -0.2) is 4.79 Å². The molecule has 1 saturated heterocycles. The van der Waals surface area contributed by atoms with Gasteiger partial charge in [0.05, 0.1) is 6.42 Å². The van der Waals surface area contributed by atoms with Crippen molar-refractivity contribution in [3.05, 3.63) is 12.7 Å². The maximum atomic E-state index is 11.4. The molecule has 1 fully saturated rings. The molecule has 1 rings (SSSR count). The van der Waals surface area contributed by atoms with E-state index in [1.165, 1.54) is 0 Å². The molecule has 0 saturated carbocycles. The van der Waals surface area contributed by atoms with E-state index in [0.29, 0.717) is 12.3 Å². The molecule has 15 heavy (non-hydrogen) atoms. The van der Waals surface area contributed by atoms with E-state index in [0.717, 1.165) is 12.8 Å². The highest BCUT2D eigenvalue weighted by Gasteiger charge is 2.31. The van der Waals surface area contributed by atoms with Gasteiger partial charge in [-0.15, -0.1) is 6.58 Å². The Hall–Kier alpha value is -0.830. The molecule has 86 valence electrons. The van der Waals surface area contributed by atoms with Crippen LogP contribution in [0.5, 0.6) is 0 Å². The van der Waals surface area contributed by atoms with Crippen LogP contribution in [0.1, 0.15) is 40.0 Å². The van der Waals surface area contributed by atoms with Gasteiger partial charge in [0.15, 0.2) is 0 Å². The van der Waals surface area contributed by atoms with E-state index < -0.39 is 0 Å². The van der Waals surface area contributed by atoms with Crippen LogP contribution in [0.4, 0.5) is 0 Å². The molecule has 0 spiro atoms. The highest BCUT2D eigenvalue weighted by atomic mass is 17.2. The minimum absolute atomic E-state index is 0.00600. The van der Waals surface area contributed by atoms with Crippen molar-refractivity contribution in [1.82, 2.24) is 0 Å². The van der Waals surface area contributed by atoms with Crippen LogP contribution in [0.3, 0.4) is 0 Å². The summed E-state index contributed by atoms with van der Waals surface area (Å²) in [5.41, 5.74) is -0.159. The fraction of sp³-hybridized carbons (Fsp3) is 0.750. The third kappa shape index (κ3) is 3.34. The summed E-state index contributed by atoms with van der Waals surface area (Å²) < 4.78 is 0. The van der Waals surface area contributed by atoms with Crippen molar-refractivity contribution in [3.63, 3.8) is 0 Å². The number of allylic oxidation sites excluding steroid dienone is 1. The summed E-state index contributed by atoms with van der Waals surface area (Å²) in [7, 11) is 0. The average Bonchev–Trinajstić information content (AvgIpc) is 2.14. The molecule has 0 aromatic rings. The van der Waals surface area contributed by atoms with E-state index in [4.69, 9.17) is 9.78 Å². The molecule has 1 aliphatic heterocycles. The largest absolute Gasteiger partial charge is 0.343 e. The van der Waals surface area contributed by atoms with E-state index in [1.807, 2.05) is 13.0 Å². The first-order valence-corrected chi connectivity index (χ1v) is 5.46. The van der Waals surface area contributed by atoms with E-state index >= 15 is 0 Å². The second-order valence-corrected chi connectivity index (χ2v) is 4.91. The molecule has 1 aliphatic rings. The molecule has 2 atom stereocenters. The molecule has 0 aliphatic carbocycles. The lowest BCUT2D eigenvalue weighted by atomic mass is 9.80. The van der Waals surface area contributed by atoms with Gasteiger partial charge in [0, 0.05) is 0 Å². The zero-order valence-electron chi connectivity index (χ0n) is 9.79. The Balaban J connectivity index is 2.70. The van der Waals surface area contributed by atoms with Gasteiger partial charge in [-0.3, -0.25) is 4.89 Å². The molecule has 0 radical (unpaired) electrons. The lowest BCUT2D eigenvalue weighted by molar-refractivity contribution is -0.311. The molecular weight excluding hydrogens is 192 g/mol. The first-order valence-electron chi connectivity index (χ1n) is 5.46. The topological polar surface area (TPSA) is 35.5 Å². The SMILES string of the molecule is C=CC1(C)CCC(C(C)C)OOC(=O)C1. The predicted octanol–water partition coefficient (Wildman–Crippen LogP) is 2.86. The minimum atomic E-state index is -0.303. The number of rotatable bonds is 2. The van der Waals surface area contributed by atoms with Crippen LogP contribution in [0.15, 0.2) is 12.7 Å². The monoisotopic (exact) mass is 212 g/mol. The Kier molecular flexibility index (Phi) is 3.91. The summed E-state index contributed by atoms with van der Waals surface area (Å²) in [4.78, 5) is 21.3. The minimum Gasteiger partial charge on any atom is -0.298 e. The van der Waals surface area contributed by atoms with Gasteiger partial charge in [0.25, 0.3) is 0 Å². The number of hydrogen-bond donors (Lipinski definition) is 0. The van der Waals surface area contributed by atoms with Crippen LogP contribution in [0.2, 0.25) is 0 Å². The quantitative estimate of drug-likeness (QED) is 0.521. The number of carbonyl (C=O) groups is 1. The Morgan fingerprint density at radius 2 is 2.27 bits per heavy atom. The van der Waals surface area contributed by atoms with Gasteiger partial charge >= 0.3 is 5.97 Å². The van der Waals surface area contributed by atoms with Crippen LogP contribution in [-0.4, -0.2) is 12.1 Å². The molecule has 0 aromatic carbocycles. The summed E-state index contributed by atoms with van der Waals surface area (Å²) in [6.45, 7) is 9.94. The Morgan fingerprint density at radius 1 is 1.60 bits per heavy atom.